The van der Waals surface area contributed by atoms with Crippen molar-refractivity contribution < 1.29 is 9.90 Å². The molecule has 0 atom stereocenters. The fourth-order valence-corrected chi connectivity index (χ4v) is 1.81. The van der Waals surface area contributed by atoms with E-state index in [0.29, 0.717) is 31.1 Å². The van der Waals surface area contributed by atoms with Gasteiger partial charge < -0.3 is 10.0 Å². The molecule has 0 amide bonds. The molecule has 0 bridgehead atoms. The highest BCUT2D eigenvalue weighted by atomic mass is 35.5. The third-order valence-corrected chi connectivity index (χ3v) is 2.55. The van der Waals surface area contributed by atoms with Crippen LogP contribution in [0.4, 0.5) is 5.69 Å². The summed E-state index contributed by atoms with van der Waals surface area (Å²) in [5.74, 6) is 0.932. The van der Waals surface area contributed by atoms with Crippen molar-refractivity contribution in [3.63, 3.8) is 0 Å². The Balaban J connectivity index is 2.91. The summed E-state index contributed by atoms with van der Waals surface area (Å²) in [6.45, 7) is 1.29. The number of anilines is 1. The number of carbonyl (C=O) groups excluding carboxylic acids is 1. The van der Waals surface area contributed by atoms with Crippen LogP contribution in [-0.4, -0.2) is 36.2 Å². The van der Waals surface area contributed by atoms with E-state index >= 15 is 0 Å². The van der Waals surface area contributed by atoms with Crippen molar-refractivity contribution in [2.75, 3.05) is 29.7 Å². The molecule has 0 aromatic heterocycles. The quantitative estimate of drug-likeness (QED) is 0.632. The molecule has 0 aliphatic rings. The summed E-state index contributed by atoms with van der Waals surface area (Å²) in [4.78, 5) is 12.5. The number of alkyl halides is 2. The minimum absolute atomic E-state index is 0.0263. The molecule has 5 heteroatoms. The Bertz CT molecular complexity index is 352. The van der Waals surface area contributed by atoms with Crippen molar-refractivity contribution in [3.05, 3.63) is 23.8 Å². The summed E-state index contributed by atoms with van der Waals surface area (Å²) in [6.07, 6.45) is 0.618. The van der Waals surface area contributed by atoms with Crippen LogP contribution < -0.4 is 4.90 Å². The molecule has 0 spiro atoms. The van der Waals surface area contributed by atoms with Crippen molar-refractivity contribution >= 4 is 35.2 Å². The molecule has 88 valence electrons. The molecule has 0 radical (unpaired) electrons. The topological polar surface area (TPSA) is 40.5 Å². The maximum Gasteiger partial charge on any atom is 0.153 e. The Kier molecular flexibility index (Phi) is 5.43. The van der Waals surface area contributed by atoms with Gasteiger partial charge in [-0.3, -0.25) is 4.79 Å². The van der Waals surface area contributed by atoms with E-state index in [2.05, 4.69) is 0 Å². The van der Waals surface area contributed by atoms with Gasteiger partial charge in [-0.2, -0.15) is 0 Å². The zero-order valence-electron chi connectivity index (χ0n) is 8.70. The minimum atomic E-state index is -0.0263. The fourth-order valence-electron chi connectivity index (χ4n) is 1.40. The number of hydrogen-bond acceptors (Lipinski definition) is 3. The number of benzene rings is 1. The Morgan fingerprint density at radius 3 is 2.31 bits per heavy atom. The molecular weight excluding hydrogens is 249 g/mol. The number of hydrogen-bond donors (Lipinski definition) is 1. The van der Waals surface area contributed by atoms with Gasteiger partial charge in [-0.25, -0.2) is 0 Å². The third kappa shape index (κ3) is 3.29. The van der Waals surface area contributed by atoms with Crippen LogP contribution in [0, 0.1) is 0 Å². The molecule has 0 aliphatic carbocycles. The van der Waals surface area contributed by atoms with Crippen LogP contribution in [0.1, 0.15) is 10.4 Å². The molecule has 0 saturated heterocycles. The number of rotatable bonds is 6. The molecular formula is C11H13Cl2NO2. The van der Waals surface area contributed by atoms with Crippen LogP contribution in [-0.2, 0) is 0 Å². The van der Waals surface area contributed by atoms with Crippen LogP contribution in [0.15, 0.2) is 18.2 Å². The number of halogens is 2. The number of phenols is 1. The summed E-state index contributed by atoms with van der Waals surface area (Å²) >= 11 is 11.4. The molecule has 0 aliphatic heterocycles. The highest BCUT2D eigenvalue weighted by molar-refractivity contribution is 6.18. The zero-order chi connectivity index (χ0) is 12.0. The van der Waals surface area contributed by atoms with Crippen molar-refractivity contribution in [2.45, 2.75) is 0 Å². The highest BCUT2D eigenvalue weighted by Crippen LogP contribution is 2.23. The number of carbonyl (C=O) groups is 1. The van der Waals surface area contributed by atoms with Crippen LogP contribution in [0.5, 0.6) is 5.75 Å². The smallest absolute Gasteiger partial charge is 0.153 e. The van der Waals surface area contributed by atoms with Crippen LogP contribution in [0.25, 0.3) is 0 Å². The second-order valence-electron chi connectivity index (χ2n) is 3.23. The van der Waals surface area contributed by atoms with Crippen molar-refractivity contribution in [3.8, 4) is 5.75 Å². The van der Waals surface area contributed by atoms with Gasteiger partial charge in [-0.15, -0.1) is 23.2 Å². The first-order valence-corrected chi connectivity index (χ1v) is 5.95. The lowest BCUT2D eigenvalue weighted by Gasteiger charge is -2.23. The molecule has 0 fully saturated rings. The average molecular weight is 262 g/mol. The lowest BCUT2D eigenvalue weighted by molar-refractivity contribution is 0.112. The van der Waals surface area contributed by atoms with Gasteiger partial charge in [0.25, 0.3) is 0 Å². The van der Waals surface area contributed by atoms with E-state index in [1.54, 1.807) is 18.2 Å². The standard InChI is InChI=1S/C11H13Cl2NO2/c12-3-5-14(6-4-13)10-2-1-9(8-15)11(16)7-10/h1-2,7-8,16H,3-6H2. The molecule has 1 aromatic rings. The Morgan fingerprint density at radius 1 is 1.25 bits per heavy atom. The molecule has 0 saturated carbocycles. The summed E-state index contributed by atoms with van der Waals surface area (Å²) in [7, 11) is 0. The second-order valence-corrected chi connectivity index (χ2v) is 3.98. The third-order valence-electron chi connectivity index (χ3n) is 2.22. The number of phenolic OH excluding ortho intramolecular Hbond substituents is 1. The molecule has 1 rings (SSSR count). The molecule has 0 unspecified atom stereocenters. The first-order valence-electron chi connectivity index (χ1n) is 4.88. The SMILES string of the molecule is O=Cc1ccc(N(CCCl)CCCl)cc1O. The summed E-state index contributed by atoms with van der Waals surface area (Å²) in [6, 6.07) is 4.89. The predicted octanol–water partition coefficient (Wildman–Crippen LogP) is 2.49. The van der Waals surface area contributed by atoms with E-state index in [0.717, 1.165) is 5.69 Å². The first kappa shape index (κ1) is 13.1. The van der Waals surface area contributed by atoms with Gasteiger partial charge in [0, 0.05) is 36.6 Å². The second kappa shape index (κ2) is 6.61. The largest absolute Gasteiger partial charge is 0.507 e. The monoisotopic (exact) mass is 261 g/mol. The van der Waals surface area contributed by atoms with Crippen LogP contribution in [0.3, 0.4) is 0 Å². The van der Waals surface area contributed by atoms with Crippen LogP contribution in [0.2, 0.25) is 0 Å². The highest BCUT2D eigenvalue weighted by Gasteiger charge is 2.08. The summed E-state index contributed by atoms with van der Waals surface area (Å²) in [5.41, 5.74) is 1.09. The van der Waals surface area contributed by atoms with E-state index in [1.165, 1.54) is 0 Å². The predicted molar refractivity (Wildman–Crippen MR) is 67.1 cm³/mol. The normalized spacial score (nSPS) is 10.1. The van der Waals surface area contributed by atoms with Crippen molar-refractivity contribution in [1.82, 2.24) is 0 Å². The van der Waals surface area contributed by atoms with Crippen molar-refractivity contribution in [1.29, 1.82) is 0 Å². The first-order chi connectivity index (χ1) is 7.72. The average Bonchev–Trinajstić information content (AvgIpc) is 2.28. The Morgan fingerprint density at radius 2 is 1.88 bits per heavy atom. The van der Waals surface area contributed by atoms with E-state index < -0.39 is 0 Å². The molecule has 16 heavy (non-hydrogen) atoms. The molecule has 1 N–H and O–H groups in total. The van der Waals surface area contributed by atoms with E-state index in [4.69, 9.17) is 23.2 Å². The van der Waals surface area contributed by atoms with Gasteiger partial charge in [-0.05, 0) is 12.1 Å². The maximum absolute atomic E-state index is 10.5. The number of nitrogens with zero attached hydrogens (tertiary/aromatic N) is 1. The Hall–Kier alpha value is -0.930. The lowest BCUT2D eigenvalue weighted by atomic mass is 10.2. The Labute approximate surface area is 105 Å². The van der Waals surface area contributed by atoms with Crippen LogP contribution >= 0.6 is 23.2 Å². The lowest BCUT2D eigenvalue weighted by Crippen LogP contribution is -2.27. The number of aromatic hydroxyl groups is 1. The van der Waals surface area contributed by atoms with Gasteiger partial charge in [0.15, 0.2) is 6.29 Å². The molecule has 1 aromatic carbocycles. The minimum Gasteiger partial charge on any atom is -0.507 e. The van der Waals surface area contributed by atoms with Gasteiger partial charge >= 0.3 is 0 Å². The maximum atomic E-state index is 10.5. The van der Waals surface area contributed by atoms with E-state index in [9.17, 15) is 9.90 Å². The molecule has 0 heterocycles. The van der Waals surface area contributed by atoms with Gasteiger partial charge in [-0.1, -0.05) is 0 Å². The van der Waals surface area contributed by atoms with Gasteiger partial charge in [0.1, 0.15) is 5.75 Å². The molecule has 3 nitrogen and oxygen atoms in total. The van der Waals surface area contributed by atoms with E-state index in [1.807, 2.05) is 4.90 Å². The van der Waals surface area contributed by atoms with Gasteiger partial charge in [0.05, 0.1) is 5.56 Å². The number of aldehydes is 1. The summed E-state index contributed by atoms with van der Waals surface area (Å²) in [5, 5.41) is 9.55. The fraction of sp³-hybridized carbons (Fsp3) is 0.364. The van der Waals surface area contributed by atoms with Gasteiger partial charge in [0.2, 0.25) is 0 Å². The van der Waals surface area contributed by atoms with E-state index in [-0.39, 0.29) is 11.3 Å². The zero-order valence-corrected chi connectivity index (χ0v) is 10.2. The summed E-state index contributed by atoms with van der Waals surface area (Å²) < 4.78 is 0. The van der Waals surface area contributed by atoms with Crippen molar-refractivity contribution in [2.24, 2.45) is 0 Å².